The number of aliphatic hydroxyl groups is 1. The number of aryl methyl sites for hydroxylation is 1. The van der Waals surface area contributed by atoms with Gasteiger partial charge in [-0.25, -0.2) is 0 Å². The van der Waals surface area contributed by atoms with Crippen LogP contribution in [-0.4, -0.2) is 65.2 Å². The van der Waals surface area contributed by atoms with Crippen LogP contribution in [-0.2, 0) is 20.8 Å². The summed E-state index contributed by atoms with van der Waals surface area (Å²) < 4.78 is 5.04. The molecule has 0 unspecified atom stereocenters. The van der Waals surface area contributed by atoms with Gasteiger partial charge in [0.25, 0.3) is 5.91 Å². The van der Waals surface area contributed by atoms with E-state index in [0.717, 1.165) is 22.8 Å². The van der Waals surface area contributed by atoms with Gasteiger partial charge in [-0.1, -0.05) is 61.5 Å². The van der Waals surface area contributed by atoms with Crippen molar-refractivity contribution in [2.75, 3.05) is 13.2 Å². The highest BCUT2D eigenvalue weighted by Gasteiger charge is 2.31. The van der Waals surface area contributed by atoms with Crippen molar-refractivity contribution in [3.8, 4) is 0 Å². The van der Waals surface area contributed by atoms with Crippen molar-refractivity contribution in [3.63, 3.8) is 0 Å². The molecular weight excluding hydrogens is 550 g/mol. The molecule has 0 spiro atoms. The Morgan fingerprint density at radius 3 is 2.49 bits per heavy atom. The predicted molar refractivity (Wildman–Crippen MR) is 161 cm³/mol. The minimum atomic E-state index is -1.03. The third-order valence-corrected chi connectivity index (χ3v) is 7.66. The molecule has 3 aromatic rings. The van der Waals surface area contributed by atoms with E-state index in [4.69, 9.17) is 4.52 Å². The van der Waals surface area contributed by atoms with Crippen LogP contribution in [0.2, 0.25) is 0 Å². The first-order valence-corrected chi connectivity index (χ1v) is 14.8. The minimum absolute atomic E-state index is 0.0437. The smallest absolute Gasteiger partial charge is 0.274 e. The molecule has 1 fully saturated rings. The van der Waals surface area contributed by atoms with Gasteiger partial charge in [0.1, 0.15) is 17.8 Å². The van der Waals surface area contributed by atoms with E-state index in [2.05, 4.69) is 26.4 Å². The Labute approximate surface area is 251 Å². The van der Waals surface area contributed by atoms with Crippen molar-refractivity contribution >= 4 is 34.4 Å². The lowest BCUT2D eigenvalue weighted by atomic mass is 9.91. The number of aliphatic hydroxyl groups excluding tert-OH is 1. The summed E-state index contributed by atoms with van der Waals surface area (Å²) in [7, 11) is 0. The fraction of sp³-hybridized carbons (Fsp3) is 0.469. The lowest BCUT2D eigenvalue weighted by molar-refractivity contribution is -0.131. The van der Waals surface area contributed by atoms with E-state index in [1.54, 1.807) is 6.92 Å². The fourth-order valence-corrected chi connectivity index (χ4v) is 5.47. The molecule has 2 aromatic carbocycles. The largest absolute Gasteiger partial charge is 0.394 e. The van der Waals surface area contributed by atoms with Gasteiger partial charge in [-0.05, 0) is 54.9 Å². The molecule has 1 aliphatic heterocycles. The number of rotatable bonds is 13. The molecule has 4 atom stereocenters. The van der Waals surface area contributed by atoms with E-state index in [1.165, 1.54) is 6.07 Å². The number of carbonyl (C=O) groups is 4. The Balaban J connectivity index is 1.53. The predicted octanol–water partition coefficient (Wildman–Crippen LogP) is 2.40. The number of nitrogens with zero attached hydrogens (tertiary/aromatic N) is 1. The quantitative estimate of drug-likeness (QED) is 0.204. The Morgan fingerprint density at radius 1 is 1.05 bits per heavy atom. The number of piperidine rings is 1. The maximum Gasteiger partial charge on any atom is 0.274 e. The van der Waals surface area contributed by atoms with Crippen molar-refractivity contribution in [1.82, 2.24) is 26.4 Å². The van der Waals surface area contributed by atoms with Crippen LogP contribution in [0, 0.1) is 18.8 Å². The first kappa shape index (κ1) is 31.7. The second-order valence-corrected chi connectivity index (χ2v) is 11.6. The summed E-state index contributed by atoms with van der Waals surface area (Å²) in [6.45, 7) is 5.82. The molecule has 43 heavy (non-hydrogen) atoms. The van der Waals surface area contributed by atoms with Gasteiger partial charge in [0, 0.05) is 24.9 Å². The summed E-state index contributed by atoms with van der Waals surface area (Å²) in [6.07, 6.45) is 2.32. The van der Waals surface area contributed by atoms with Crippen LogP contribution in [0.5, 0.6) is 0 Å². The van der Waals surface area contributed by atoms with E-state index in [0.29, 0.717) is 31.6 Å². The van der Waals surface area contributed by atoms with Gasteiger partial charge in [-0.15, -0.1) is 0 Å². The summed E-state index contributed by atoms with van der Waals surface area (Å²) in [5, 5.41) is 27.0. The second kappa shape index (κ2) is 14.8. The average Bonchev–Trinajstić information content (AvgIpc) is 3.43. The summed E-state index contributed by atoms with van der Waals surface area (Å²) in [6, 6.07) is 12.4. The van der Waals surface area contributed by atoms with E-state index >= 15 is 0 Å². The number of amides is 4. The molecule has 11 heteroatoms. The maximum absolute atomic E-state index is 13.8. The molecule has 2 heterocycles. The normalized spacial score (nSPS) is 17.1. The SMILES string of the molecule is Cc1cc(C(=O)N[C@H](Cc2cccc3ccccc23)C(=O)N[C@@H](CC(C)C)C(=O)N[C@H](CO)C[C@@H]2CCCNC2=O)no1. The molecule has 0 aliphatic carbocycles. The van der Waals surface area contributed by atoms with Gasteiger partial charge < -0.3 is 30.9 Å². The summed E-state index contributed by atoms with van der Waals surface area (Å²) in [5.41, 5.74) is 0.896. The zero-order valence-electron chi connectivity index (χ0n) is 24.9. The number of nitrogens with one attached hydrogen (secondary N) is 4. The molecule has 0 bridgehead atoms. The Morgan fingerprint density at radius 2 is 1.79 bits per heavy atom. The first-order valence-electron chi connectivity index (χ1n) is 14.8. The van der Waals surface area contributed by atoms with Crippen LogP contribution in [0.15, 0.2) is 53.1 Å². The minimum Gasteiger partial charge on any atom is -0.394 e. The number of hydrogen-bond acceptors (Lipinski definition) is 7. The molecule has 4 amide bonds. The molecule has 230 valence electrons. The molecule has 0 radical (unpaired) electrons. The average molecular weight is 592 g/mol. The molecule has 0 saturated carbocycles. The van der Waals surface area contributed by atoms with Crippen LogP contribution >= 0.6 is 0 Å². The van der Waals surface area contributed by atoms with Crippen LogP contribution in [0.1, 0.15) is 61.3 Å². The summed E-state index contributed by atoms with van der Waals surface area (Å²) >= 11 is 0. The number of carbonyl (C=O) groups excluding carboxylic acids is 4. The molecule has 1 aliphatic rings. The van der Waals surface area contributed by atoms with Crippen LogP contribution in [0.3, 0.4) is 0 Å². The maximum atomic E-state index is 13.8. The second-order valence-electron chi connectivity index (χ2n) is 11.6. The standard InChI is InChI=1S/C32H41N5O6/c1-19(2)14-26(30(40)34-24(18-38)16-23-11-7-13-33-29(23)39)35-31(41)27(36-32(42)28-15-20(3)43-37-28)17-22-10-6-9-21-8-4-5-12-25(21)22/h4-6,8-10,12,15,19,23-24,26-27,38H,7,11,13-14,16-18H2,1-3H3,(H,33,39)(H,34,40)(H,35,41)(H,36,42)/t23-,24-,26-,27+/m0/s1. The number of aromatic nitrogens is 1. The Hall–Kier alpha value is -4.25. The third kappa shape index (κ3) is 8.63. The van der Waals surface area contributed by atoms with Crippen molar-refractivity contribution in [2.24, 2.45) is 11.8 Å². The number of benzene rings is 2. The van der Waals surface area contributed by atoms with Crippen molar-refractivity contribution in [1.29, 1.82) is 0 Å². The van der Waals surface area contributed by atoms with Gasteiger partial charge in [-0.3, -0.25) is 19.2 Å². The van der Waals surface area contributed by atoms with E-state index in [1.807, 2.05) is 56.3 Å². The molecule has 4 rings (SSSR count). The van der Waals surface area contributed by atoms with Gasteiger partial charge in [0.2, 0.25) is 17.7 Å². The van der Waals surface area contributed by atoms with Crippen molar-refractivity contribution < 1.29 is 28.8 Å². The Bertz CT molecular complexity index is 1430. The first-order chi connectivity index (χ1) is 20.6. The van der Waals surface area contributed by atoms with E-state index < -0.39 is 35.8 Å². The molecule has 11 nitrogen and oxygen atoms in total. The van der Waals surface area contributed by atoms with Gasteiger partial charge in [-0.2, -0.15) is 0 Å². The molecular formula is C32H41N5O6. The summed E-state index contributed by atoms with van der Waals surface area (Å²) in [4.78, 5) is 52.6. The van der Waals surface area contributed by atoms with Crippen molar-refractivity contribution in [2.45, 2.75) is 71.0 Å². The lowest BCUT2D eigenvalue weighted by Gasteiger charge is -2.28. The lowest BCUT2D eigenvalue weighted by Crippen LogP contribution is -2.56. The van der Waals surface area contributed by atoms with Crippen LogP contribution in [0.4, 0.5) is 0 Å². The highest BCUT2D eigenvalue weighted by molar-refractivity contribution is 5.97. The Kier molecular flexibility index (Phi) is 10.9. The van der Waals surface area contributed by atoms with Crippen molar-refractivity contribution in [3.05, 3.63) is 65.5 Å². The number of fused-ring (bicyclic) bond motifs is 1. The van der Waals surface area contributed by atoms with Gasteiger partial charge >= 0.3 is 0 Å². The molecule has 1 saturated heterocycles. The topological polar surface area (TPSA) is 163 Å². The van der Waals surface area contributed by atoms with Gasteiger partial charge in [0.15, 0.2) is 5.69 Å². The van der Waals surface area contributed by atoms with Crippen LogP contribution < -0.4 is 21.3 Å². The fourth-order valence-electron chi connectivity index (χ4n) is 5.47. The molecule has 5 N–H and O–H groups in total. The summed E-state index contributed by atoms with van der Waals surface area (Å²) in [5.74, 6) is -1.44. The van der Waals surface area contributed by atoms with Gasteiger partial charge in [0.05, 0.1) is 12.6 Å². The number of hydrogen-bond donors (Lipinski definition) is 5. The highest BCUT2D eigenvalue weighted by atomic mass is 16.5. The zero-order chi connectivity index (χ0) is 30.9. The van der Waals surface area contributed by atoms with Crippen LogP contribution in [0.25, 0.3) is 10.8 Å². The third-order valence-electron chi connectivity index (χ3n) is 7.66. The zero-order valence-corrected chi connectivity index (χ0v) is 24.9. The highest BCUT2D eigenvalue weighted by Crippen LogP contribution is 2.21. The molecule has 1 aromatic heterocycles. The van der Waals surface area contributed by atoms with E-state index in [9.17, 15) is 24.3 Å². The van der Waals surface area contributed by atoms with E-state index in [-0.39, 0.29) is 36.5 Å². The monoisotopic (exact) mass is 591 g/mol.